The van der Waals surface area contributed by atoms with Gasteiger partial charge in [0.05, 0.1) is 0 Å². The van der Waals surface area contributed by atoms with E-state index in [2.05, 4.69) is 5.32 Å². The van der Waals surface area contributed by atoms with Crippen LogP contribution in [0.3, 0.4) is 0 Å². The Morgan fingerprint density at radius 1 is 0.909 bits per heavy atom. The van der Waals surface area contributed by atoms with Gasteiger partial charge in [0.2, 0.25) is 0 Å². The molecule has 0 fully saturated rings. The van der Waals surface area contributed by atoms with E-state index >= 15 is 0 Å². The van der Waals surface area contributed by atoms with Gasteiger partial charge in [-0.25, -0.2) is 4.39 Å². The smallest absolute Gasteiger partial charge is 0.263 e. The fourth-order valence-electron chi connectivity index (χ4n) is 3.13. The van der Waals surface area contributed by atoms with Gasteiger partial charge in [-0.05, 0) is 42.0 Å². The van der Waals surface area contributed by atoms with Crippen LogP contribution in [-0.4, -0.2) is 16.8 Å². The molecule has 0 radical (unpaired) electrons. The lowest BCUT2D eigenvalue weighted by atomic mass is 10.1. The fraction of sp³-hybridized carbons (Fsp3) is 0.0800. The Balaban J connectivity index is 1.50. The molecule has 0 aliphatic rings. The minimum absolute atomic E-state index is 0.0739. The zero-order valence-corrected chi connectivity index (χ0v) is 17.2. The first-order valence-electron chi connectivity index (χ1n) is 9.96. The van der Waals surface area contributed by atoms with E-state index in [4.69, 9.17) is 8.83 Å². The molecule has 1 unspecified atom stereocenters. The van der Waals surface area contributed by atoms with Crippen molar-refractivity contribution in [3.63, 3.8) is 0 Å². The van der Waals surface area contributed by atoms with E-state index < -0.39 is 23.3 Å². The average molecular weight is 447 g/mol. The zero-order chi connectivity index (χ0) is 23.4. The number of aliphatic hydroxyl groups excluding tert-OH is 1. The number of hydrogen-bond acceptors (Lipinski definition) is 6. The molecule has 0 bridgehead atoms. The summed E-state index contributed by atoms with van der Waals surface area (Å²) in [6, 6.07) is 19.0. The van der Waals surface area contributed by atoms with E-state index in [0.717, 1.165) is 17.7 Å². The standard InChI is InChI=1S/C25H18FNO6/c26-17-8-6-15(7-9-17)12-19-10-11-20(32-19)23(29)21-13-18(28)14-22(33-21)25(31)27-24(30)16-4-2-1-3-5-16/h1-11,13-14,25,31H,12H2,(H,27,30). The van der Waals surface area contributed by atoms with Crippen LogP contribution < -0.4 is 10.7 Å². The molecule has 0 aliphatic heterocycles. The summed E-state index contributed by atoms with van der Waals surface area (Å²) in [6.45, 7) is 0. The molecule has 1 atom stereocenters. The summed E-state index contributed by atoms with van der Waals surface area (Å²) in [6.07, 6.45) is -1.31. The van der Waals surface area contributed by atoms with Gasteiger partial charge in [0.1, 0.15) is 11.6 Å². The first-order chi connectivity index (χ1) is 15.9. The van der Waals surface area contributed by atoms with E-state index in [1.807, 2.05) is 0 Å². The highest BCUT2D eigenvalue weighted by Gasteiger charge is 2.21. The van der Waals surface area contributed by atoms with Crippen LogP contribution >= 0.6 is 0 Å². The first kappa shape index (κ1) is 21.9. The summed E-state index contributed by atoms with van der Waals surface area (Å²) in [5.41, 5.74) is 0.497. The maximum atomic E-state index is 13.1. The molecule has 33 heavy (non-hydrogen) atoms. The first-order valence-corrected chi connectivity index (χ1v) is 9.96. The van der Waals surface area contributed by atoms with Crippen LogP contribution in [0.15, 0.2) is 92.5 Å². The van der Waals surface area contributed by atoms with Gasteiger partial charge >= 0.3 is 0 Å². The number of amides is 1. The van der Waals surface area contributed by atoms with Gasteiger partial charge in [-0.3, -0.25) is 14.4 Å². The molecular formula is C25H18FNO6. The quantitative estimate of drug-likeness (QED) is 0.331. The second kappa shape index (κ2) is 9.46. The molecule has 0 aliphatic carbocycles. The molecule has 4 aromatic rings. The Morgan fingerprint density at radius 3 is 2.36 bits per heavy atom. The van der Waals surface area contributed by atoms with Crippen molar-refractivity contribution < 1.29 is 27.9 Å². The lowest BCUT2D eigenvalue weighted by molar-refractivity contribution is 0.0711. The summed E-state index contributed by atoms with van der Waals surface area (Å²) < 4.78 is 24.0. The van der Waals surface area contributed by atoms with Crippen molar-refractivity contribution in [2.75, 3.05) is 0 Å². The summed E-state index contributed by atoms with van der Waals surface area (Å²) in [4.78, 5) is 37.1. The number of hydrogen-bond donors (Lipinski definition) is 2. The van der Waals surface area contributed by atoms with Gasteiger partial charge in [-0.2, -0.15) is 0 Å². The van der Waals surface area contributed by atoms with Crippen LogP contribution in [0.5, 0.6) is 0 Å². The molecule has 166 valence electrons. The van der Waals surface area contributed by atoms with Crippen molar-refractivity contribution in [2.24, 2.45) is 0 Å². The van der Waals surface area contributed by atoms with E-state index in [1.54, 1.807) is 48.5 Å². The van der Waals surface area contributed by atoms with Gasteiger partial charge in [0.25, 0.3) is 11.7 Å². The third kappa shape index (κ3) is 5.31. The van der Waals surface area contributed by atoms with Crippen LogP contribution in [0, 0.1) is 5.82 Å². The number of aliphatic hydroxyl groups is 1. The predicted octanol–water partition coefficient (Wildman–Crippen LogP) is 3.61. The maximum absolute atomic E-state index is 13.1. The number of halogens is 1. The molecule has 0 saturated heterocycles. The highest BCUT2D eigenvalue weighted by Crippen LogP contribution is 2.18. The van der Waals surface area contributed by atoms with Crippen molar-refractivity contribution in [1.29, 1.82) is 0 Å². The van der Waals surface area contributed by atoms with Crippen molar-refractivity contribution in [3.8, 4) is 0 Å². The van der Waals surface area contributed by atoms with Gasteiger partial charge in [0.15, 0.2) is 28.9 Å². The Labute approximate surface area is 187 Å². The lowest BCUT2D eigenvalue weighted by Crippen LogP contribution is -2.29. The molecule has 7 nitrogen and oxygen atoms in total. The third-order valence-corrected chi connectivity index (χ3v) is 4.76. The van der Waals surface area contributed by atoms with Gasteiger partial charge in [0, 0.05) is 24.1 Å². The van der Waals surface area contributed by atoms with Gasteiger partial charge in [-0.15, -0.1) is 0 Å². The molecule has 1 amide bonds. The molecule has 8 heteroatoms. The van der Waals surface area contributed by atoms with Crippen LogP contribution in [0.1, 0.15) is 50.0 Å². The van der Waals surface area contributed by atoms with Crippen molar-refractivity contribution in [3.05, 3.63) is 129 Å². The second-order valence-electron chi connectivity index (χ2n) is 7.20. The van der Waals surface area contributed by atoms with Crippen molar-refractivity contribution in [2.45, 2.75) is 12.6 Å². The van der Waals surface area contributed by atoms with Crippen LogP contribution in [0.4, 0.5) is 4.39 Å². The number of carbonyl (C=O) groups is 2. The lowest BCUT2D eigenvalue weighted by Gasteiger charge is -2.12. The van der Waals surface area contributed by atoms with Crippen molar-refractivity contribution >= 4 is 11.7 Å². The van der Waals surface area contributed by atoms with E-state index in [-0.39, 0.29) is 23.1 Å². The van der Waals surface area contributed by atoms with E-state index in [1.165, 1.54) is 18.2 Å². The fourth-order valence-corrected chi connectivity index (χ4v) is 3.13. The maximum Gasteiger partial charge on any atom is 0.263 e. The highest BCUT2D eigenvalue weighted by atomic mass is 19.1. The van der Waals surface area contributed by atoms with Crippen molar-refractivity contribution in [1.82, 2.24) is 5.32 Å². The third-order valence-electron chi connectivity index (χ3n) is 4.76. The molecule has 2 aromatic heterocycles. The van der Waals surface area contributed by atoms with Gasteiger partial charge < -0.3 is 19.3 Å². The van der Waals surface area contributed by atoms with Crippen LogP contribution in [0.2, 0.25) is 0 Å². The van der Waals surface area contributed by atoms with Crippen LogP contribution in [-0.2, 0) is 6.42 Å². The molecule has 4 rings (SSSR count). The highest BCUT2D eigenvalue weighted by molar-refractivity contribution is 6.05. The molecule has 2 aromatic carbocycles. The Bertz CT molecular complexity index is 1340. The summed E-state index contributed by atoms with van der Waals surface area (Å²) in [5, 5.41) is 12.6. The number of furan rings is 1. The minimum Gasteiger partial charge on any atom is -0.457 e. The van der Waals surface area contributed by atoms with Gasteiger partial charge in [-0.1, -0.05) is 30.3 Å². The summed E-state index contributed by atoms with van der Waals surface area (Å²) in [7, 11) is 0. The topological polar surface area (TPSA) is 110 Å². The average Bonchev–Trinajstić information content (AvgIpc) is 3.28. The van der Waals surface area contributed by atoms with Crippen LogP contribution in [0.25, 0.3) is 0 Å². The number of nitrogens with one attached hydrogen (secondary N) is 1. The number of carbonyl (C=O) groups excluding carboxylic acids is 2. The predicted molar refractivity (Wildman–Crippen MR) is 115 cm³/mol. The van der Waals surface area contributed by atoms with E-state index in [9.17, 15) is 23.9 Å². The number of ketones is 1. The Hall–Kier alpha value is -4.30. The molecule has 0 spiro atoms. The van der Waals surface area contributed by atoms with E-state index in [0.29, 0.717) is 17.7 Å². The Kier molecular flexibility index (Phi) is 6.28. The normalized spacial score (nSPS) is 11.7. The number of rotatable bonds is 7. The Morgan fingerprint density at radius 2 is 1.64 bits per heavy atom. The zero-order valence-electron chi connectivity index (χ0n) is 17.2. The largest absolute Gasteiger partial charge is 0.457 e. The summed E-state index contributed by atoms with van der Waals surface area (Å²) >= 11 is 0. The molecule has 2 heterocycles. The summed E-state index contributed by atoms with van der Waals surface area (Å²) in [5.74, 6) is -1.92. The molecule has 2 N–H and O–H groups in total. The monoisotopic (exact) mass is 447 g/mol. The number of benzene rings is 2. The SMILES string of the molecule is O=C(NC(O)c1cc(=O)cc(C(=O)c2ccc(Cc3ccc(F)cc3)o2)o1)c1ccccc1. The molecule has 0 saturated carbocycles. The second-order valence-corrected chi connectivity index (χ2v) is 7.20. The minimum atomic E-state index is -1.65. The molecular weight excluding hydrogens is 429 g/mol.